The second-order valence-electron chi connectivity index (χ2n) is 3.76. The summed E-state index contributed by atoms with van der Waals surface area (Å²) in [5, 5.41) is 8.92. The second kappa shape index (κ2) is 5.63. The number of ether oxygens (including phenoxy) is 2. The third-order valence-corrected chi connectivity index (χ3v) is 3.13. The first-order valence-corrected chi connectivity index (χ1v) is 6.24. The van der Waals surface area contributed by atoms with Gasteiger partial charge in [0.05, 0.1) is 17.1 Å². The molecule has 0 atom stereocenters. The van der Waals surface area contributed by atoms with Gasteiger partial charge in [0.1, 0.15) is 23.3 Å². The van der Waals surface area contributed by atoms with Crippen molar-refractivity contribution < 1.29 is 9.47 Å². The molecule has 2 N–H and O–H groups in total. The van der Waals surface area contributed by atoms with Crippen LogP contribution in [-0.4, -0.2) is 7.11 Å². The molecule has 0 aromatic heterocycles. The molecule has 0 saturated carbocycles. The van der Waals surface area contributed by atoms with E-state index in [1.165, 1.54) is 0 Å². The van der Waals surface area contributed by atoms with Gasteiger partial charge in [0, 0.05) is 11.8 Å². The molecule has 0 unspecified atom stereocenters. The van der Waals surface area contributed by atoms with Gasteiger partial charge in [-0.05, 0) is 46.3 Å². The predicted molar refractivity (Wildman–Crippen MR) is 76.3 cm³/mol. The Bertz CT molecular complexity index is 650. The Morgan fingerprint density at radius 2 is 1.89 bits per heavy atom. The van der Waals surface area contributed by atoms with E-state index >= 15 is 0 Å². The molecule has 0 aliphatic rings. The van der Waals surface area contributed by atoms with Gasteiger partial charge in [0.2, 0.25) is 0 Å². The van der Waals surface area contributed by atoms with Crippen LogP contribution in [0.4, 0.5) is 5.69 Å². The average molecular weight is 319 g/mol. The minimum atomic E-state index is 0.391. The van der Waals surface area contributed by atoms with E-state index in [2.05, 4.69) is 15.9 Å². The highest BCUT2D eigenvalue weighted by molar-refractivity contribution is 9.10. The van der Waals surface area contributed by atoms with Crippen molar-refractivity contribution in [3.05, 3.63) is 46.4 Å². The summed E-state index contributed by atoms with van der Waals surface area (Å²) in [6, 6.07) is 12.4. The van der Waals surface area contributed by atoms with Crippen molar-refractivity contribution in [2.75, 3.05) is 12.8 Å². The highest BCUT2D eigenvalue weighted by atomic mass is 79.9. The molecule has 19 heavy (non-hydrogen) atoms. The molecule has 0 heterocycles. The van der Waals surface area contributed by atoms with Gasteiger partial charge in [-0.15, -0.1) is 0 Å². The molecular formula is C14H11BrN2O2. The minimum absolute atomic E-state index is 0.391. The van der Waals surface area contributed by atoms with Crippen LogP contribution in [-0.2, 0) is 0 Å². The Balaban J connectivity index is 2.29. The number of rotatable bonds is 3. The Labute approximate surface area is 119 Å². The Hall–Kier alpha value is -2.19. The van der Waals surface area contributed by atoms with Gasteiger partial charge in [-0.3, -0.25) is 0 Å². The smallest absolute Gasteiger partial charge is 0.141 e. The third-order valence-electron chi connectivity index (χ3n) is 2.51. The van der Waals surface area contributed by atoms with Crippen LogP contribution in [0.25, 0.3) is 0 Å². The zero-order valence-corrected chi connectivity index (χ0v) is 11.8. The molecular weight excluding hydrogens is 308 g/mol. The molecule has 5 heteroatoms. The molecule has 4 nitrogen and oxygen atoms in total. The molecule has 2 rings (SSSR count). The standard InChI is InChI=1S/C14H11BrN2O2/c1-18-10-3-5-14(12(15)7-10)19-11-2-4-13(17)9(6-11)8-16/h2-7H,17H2,1H3. The lowest BCUT2D eigenvalue weighted by Gasteiger charge is -2.09. The number of nitrogen functional groups attached to an aromatic ring is 1. The number of nitrogens with zero attached hydrogens (tertiary/aromatic N) is 1. The lowest BCUT2D eigenvalue weighted by Crippen LogP contribution is -1.92. The van der Waals surface area contributed by atoms with Gasteiger partial charge in [0.15, 0.2) is 0 Å². The Kier molecular flexibility index (Phi) is 3.93. The van der Waals surface area contributed by atoms with Crippen molar-refractivity contribution >= 4 is 21.6 Å². The first-order valence-electron chi connectivity index (χ1n) is 5.45. The van der Waals surface area contributed by atoms with Crippen LogP contribution in [0.3, 0.4) is 0 Å². The zero-order chi connectivity index (χ0) is 13.8. The monoisotopic (exact) mass is 318 g/mol. The summed E-state index contributed by atoms with van der Waals surface area (Å²) in [5.41, 5.74) is 6.48. The normalized spacial score (nSPS) is 9.74. The van der Waals surface area contributed by atoms with Crippen LogP contribution in [0.5, 0.6) is 17.2 Å². The van der Waals surface area contributed by atoms with Crippen LogP contribution in [0.2, 0.25) is 0 Å². The highest BCUT2D eigenvalue weighted by Gasteiger charge is 2.06. The first kappa shape index (κ1) is 13.2. The van der Waals surface area contributed by atoms with Crippen molar-refractivity contribution in [1.82, 2.24) is 0 Å². The van der Waals surface area contributed by atoms with E-state index in [0.717, 1.165) is 10.2 Å². The quantitative estimate of drug-likeness (QED) is 0.876. The average Bonchev–Trinajstić information content (AvgIpc) is 2.43. The molecule has 0 amide bonds. The molecule has 0 spiro atoms. The summed E-state index contributed by atoms with van der Waals surface area (Å²) < 4.78 is 11.6. The highest BCUT2D eigenvalue weighted by Crippen LogP contribution is 2.33. The van der Waals surface area contributed by atoms with E-state index < -0.39 is 0 Å². The summed E-state index contributed by atoms with van der Waals surface area (Å²) in [4.78, 5) is 0. The molecule has 0 bridgehead atoms. The van der Waals surface area contributed by atoms with Crippen LogP contribution in [0, 0.1) is 11.3 Å². The number of benzene rings is 2. The van der Waals surface area contributed by atoms with E-state index in [0.29, 0.717) is 22.7 Å². The first-order chi connectivity index (χ1) is 9.13. The van der Waals surface area contributed by atoms with Gasteiger partial charge in [-0.1, -0.05) is 0 Å². The molecule has 0 fully saturated rings. The van der Waals surface area contributed by atoms with Gasteiger partial charge in [-0.2, -0.15) is 5.26 Å². The van der Waals surface area contributed by atoms with Crippen molar-refractivity contribution in [2.45, 2.75) is 0 Å². The van der Waals surface area contributed by atoms with Gasteiger partial charge in [0.25, 0.3) is 0 Å². The molecule has 96 valence electrons. The number of methoxy groups -OCH3 is 1. The number of hydrogen-bond acceptors (Lipinski definition) is 4. The lowest BCUT2D eigenvalue weighted by atomic mass is 10.2. The van der Waals surface area contributed by atoms with Crippen molar-refractivity contribution in [1.29, 1.82) is 5.26 Å². The van der Waals surface area contributed by atoms with E-state index in [4.69, 9.17) is 20.5 Å². The van der Waals surface area contributed by atoms with E-state index in [9.17, 15) is 0 Å². The van der Waals surface area contributed by atoms with Gasteiger partial charge in [-0.25, -0.2) is 0 Å². The van der Waals surface area contributed by atoms with Gasteiger partial charge >= 0.3 is 0 Å². The maximum atomic E-state index is 8.92. The van der Waals surface area contributed by atoms with Crippen molar-refractivity contribution in [3.8, 4) is 23.3 Å². The third kappa shape index (κ3) is 2.98. The van der Waals surface area contributed by atoms with Crippen molar-refractivity contribution in [2.24, 2.45) is 0 Å². The predicted octanol–water partition coefficient (Wildman–Crippen LogP) is 3.70. The fourth-order valence-electron chi connectivity index (χ4n) is 1.51. The number of nitrogens with two attached hydrogens (primary N) is 1. The number of hydrogen-bond donors (Lipinski definition) is 1. The molecule has 0 aliphatic carbocycles. The number of halogens is 1. The largest absolute Gasteiger partial charge is 0.497 e. The fraction of sp³-hybridized carbons (Fsp3) is 0.0714. The van der Waals surface area contributed by atoms with Crippen LogP contribution in [0.15, 0.2) is 40.9 Å². The maximum absolute atomic E-state index is 8.92. The molecule has 2 aromatic carbocycles. The lowest BCUT2D eigenvalue weighted by molar-refractivity contribution is 0.412. The van der Waals surface area contributed by atoms with Crippen LogP contribution in [0.1, 0.15) is 5.56 Å². The second-order valence-corrected chi connectivity index (χ2v) is 4.61. The molecule has 0 saturated heterocycles. The van der Waals surface area contributed by atoms with E-state index in [1.807, 2.05) is 6.07 Å². The summed E-state index contributed by atoms with van der Waals surface area (Å²) in [5.74, 6) is 1.92. The molecule has 0 radical (unpaired) electrons. The summed E-state index contributed by atoms with van der Waals surface area (Å²) >= 11 is 3.40. The van der Waals surface area contributed by atoms with Crippen LogP contribution < -0.4 is 15.2 Å². The van der Waals surface area contributed by atoms with Crippen molar-refractivity contribution in [3.63, 3.8) is 0 Å². The van der Waals surface area contributed by atoms with Gasteiger partial charge < -0.3 is 15.2 Å². The minimum Gasteiger partial charge on any atom is -0.497 e. The summed E-state index contributed by atoms with van der Waals surface area (Å²) in [6.07, 6.45) is 0. The Morgan fingerprint density at radius 1 is 1.16 bits per heavy atom. The van der Waals surface area contributed by atoms with Crippen LogP contribution >= 0.6 is 15.9 Å². The number of anilines is 1. The SMILES string of the molecule is COc1ccc(Oc2ccc(N)c(C#N)c2)c(Br)c1. The Morgan fingerprint density at radius 3 is 2.53 bits per heavy atom. The zero-order valence-electron chi connectivity index (χ0n) is 10.2. The topological polar surface area (TPSA) is 68.3 Å². The number of nitriles is 1. The van der Waals surface area contributed by atoms with E-state index in [-0.39, 0.29) is 0 Å². The maximum Gasteiger partial charge on any atom is 0.141 e. The summed E-state index contributed by atoms with van der Waals surface area (Å²) in [7, 11) is 1.60. The molecule has 2 aromatic rings. The van der Waals surface area contributed by atoms with E-state index in [1.54, 1.807) is 43.5 Å². The summed E-state index contributed by atoms with van der Waals surface area (Å²) in [6.45, 7) is 0. The molecule has 0 aliphatic heterocycles. The fourth-order valence-corrected chi connectivity index (χ4v) is 1.95.